The molecule has 1 aromatic carbocycles. The maximum atomic E-state index is 13.2. The largest absolute Gasteiger partial charge is 0.493 e. The molecule has 7 nitrogen and oxygen atoms in total. The van der Waals surface area contributed by atoms with E-state index < -0.39 is 18.2 Å². The van der Waals surface area contributed by atoms with Crippen LogP contribution >= 0.6 is 0 Å². The van der Waals surface area contributed by atoms with Gasteiger partial charge in [-0.1, -0.05) is 19.4 Å². The molecule has 1 aliphatic heterocycles. The van der Waals surface area contributed by atoms with E-state index in [1.807, 2.05) is 26.8 Å². The van der Waals surface area contributed by atoms with E-state index in [1.54, 1.807) is 12.1 Å². The number of hydrogen-bond donors (Lipinski definition) is 1. The van der Waals surface area contributed by atoms with E-state index in [4.69, 9.17) is 23.7 Å². The highest BCUT2D eigenvalue weighted by Gasteiger charge is 2.54. The molecule has 1 saturated heterocycles. The molecule has 1 fully saturated rings. The highest BCUT2D eigenvalue weighted by Crippen LogP contribution is 2.46. The first-order chi connectivity index (χ1) is 15.1. The van der Waals surface area contributed by atoms with Gasteiger partial charge in [-0.25, -0.2) is 4.79 Å². The van der Waals surface area contributed by atoms with Crippen molar-refractivity contribution in [3.63, 3.8) is 0 Å². The number of allylic oxidation sites excluding steroid dienone is 1. The molecule has 0 spiro atoms. The number of epoxide rings is 1. The van der Waals surface area contributed by atoms with Crippen LogP contribution in [-0.2, 0) is 9.47 Å². The molecular weight excluding hydrogens is 412 g/mol. The van der Waals surface area contributed by atoms with Crippen molar-refractivity contribution in [2.75, 3.05) is 21.3 Å². The first kappa shape index (κ1) is 24.4. The van der Waals surface area contributed by atoms with Crippen molar-refractivity contribution in [3.05, 3.63) is 29.3 Å². The van der Waals surface area contributed by atoms with Gasteiger partial charge in [0.05, 0.1) is 44.7 Å². The summed E-state index contributed by atoms with van der Waals surface area (Å²) in [5.74, 6) is 0.468. The second-order valence-electron chi connectivity index (χ2n) is 9.35. The number of aliphatic hydroxyl groups excluding tert-OH is 1. The Kier molecular flexibility index (Phi) is 7.40. The van der Waals surface area contributed by atoms with Crippen LogP contribution in [0.2, 0.25) is 0 Å². The summed E-state index contributed by atoms with van der Waals surface area (Å²) in [5, 5.41) is 11.1. The summed E-state index contributed by atoms with van der Waals surface area (Å²) in [6.45, 7) is 8.16. The summed E-state index contributed by atoms with van der Waals surface area (Å²) < 4.78 is 28.0. The van der Waals surface area contributed by atoms with Crippen LogP contribution < -0.4 is 14.2 Å². The Morgan fingerprint density at radius 1 is 1.16 bits per heavy atom. The molecule has 0 saturated carbocycles. The first-order valence-electron chi connectivity index (χ1n) is 11.2. The molecule has 1 aromatic rings. The number of esters is 1. The number of hydrogen-bond acceptors (Lipinski definition) is 7. The average molecular weight is 449 g/mol. The van der Waals surface area contributed by atoms with Gasteiger partial charge in [-0.2, -0.15) is 0 Å². The van der Waals surface area contributed by atoms with Gasteiger partial charge in [0, 0.05) is 12.3 Å². The molecule has 1 heterocycles. The number of fused-ring (bicyclic) bond motifs is 1. The van der Waals surface area contributed by atoms with Crippen molar-refractivity contribution in [2.45, 2.75) is 70.9 Å². The van der Waals surface area contributed by atoms with Gasteiger partial charge in [-0.3, -0.25) is 0 Å². The van der Waals surface area contributed by atoms with Crippen LogP contribution in [-0.4, -0.2) is 56.3 Å². The van der Waals surface area contributed by atoms with Crippen LogP contribution in [0.15, 0.2) is 23.8 Å². The zero-order valence-corrected chi connectivity index (χ0v) is 20.1. The summed E-state index contributed by atoms with van der Waals surface area (Å²) in [6, 6.07) is 3.15. The van der Waals surface area contributed by atoms with Crippen molar-refractivity contribution >= 4 is 5.97 Å². The zero-order chi connectivity index (χ0) is 23.6. The van der Waals surface area contributed by atoms with Crippen LogP contribution in [0.25, 0.3) is 0 Å². The maximum absolute atomic E-state index is 13.2. The zero-order valence-electron chi connectivity index (χ0n) is 20.1. The molecule has 32 heavy (non-hydrogen) atoms. The summed E-state index contributed by atoms with van der Waals surface area (Å²) in [7, 11) is 4.51. The molecule has 2 aliphatic rings. The Morgan fingerprint density at radius 3 is 2.31 bits per heavy atom. The molecule has 0 aromatic heterocycles. The molecule has 1 aliphatic carbocycles. The average Bonchev–Trinajstić information content (AvgIpc) is 3.39. The molecule has 7 heteroatoms. The Hall–Kier alpha value is -2.25. The van der Waals surface area contributed by atoms with Crippen LogP contribution in [0.3, 0.4) is 0 Å². The number of carbonyl (C=O) groups excluding carboxylic acids is 1. The van der Waals surface area contributed by atoms with Crippen molar-refractivity contribution in [3.8, 4) is 17.2 Å². The lowest BCUT2D eigenvalue weighted by Crippen LogP contribution is -2.40. The predicted molar refractivity (Wildman–Crippen MR) is 121 cm³/mol. The van der Waals surface area contributed by atoms with Gasteiger partial charge in [-0.05, 0) is 50.8 Å². The maximum Gasteiger partial charge on any atom is 0.339 e. The Morgan fingerprint density at radius 2 is 1.78 bits per heavy atom. The van der Waals surface area contributed by atoms with Gasteiger partial charge < -0.3 is 28.8 Å². The fourth-order valence-corrected chi connectivity index (χ4v) is 4.77. The fourth-order valence-electron chi connectivity index (χ4n) is 4.77. The molecule has 0 bridgehead atoms. The molecule has 1 N–H and O–H groups in total. The normalized spacial score (nSPS) is 31.7. The predicted octanol–water partition coefficient (Wildman–Crippen LogP) is 4.16. The van der Waals surface area contributed by atoms with E-state index in [9.17, 15) is 9.90 Å². The Labute approximate surface area is 190 Å². The van der Waals surface area contributed by atoms with Crippen molar-refractivity contribution < 1.29 is 33.6 Å². The number of benzene rings is 1. The SMILES string of the molecule is COc1cc(C(=O)O[C@@H]2/C=C(\C)CC[C@@H]3O[C@]3(C)C[C@@H](O)[C@@H]2C(C)C)cc(OC)c1OC. The number of methoxy groups -OCH3 is 3. The minimum absolute atomic E-state index is 0.0898. The molecule has 3 rings (SSSR count). The van der Waals surface area contributed by atoms with Gasteiger partial charge in [0.1, 0.15) is 6.10 Å². The van der Waals surface area contributed by atoms with Crippen LogP contribution in [0.4, 0.5) is 0 Å². The standard InChI is InChI=1S/C25H36O7/c1-14(2)22-17(26)13-25(4)21(32-25)9-8-15(3)10-18(22)31-24(27)16-11-19(28-5)23(30-7)20(12-16)29-6/h10-12,14,17-18,21-22,26H,8-9,13H2,1-7H3/b15-10+/t17-,18-,21+,22+,25-/m1/s1. The second kappa shape index (κ2) is 9.71. The van der Waals surface area contributed by atoms with Crippen LogP contribution in [0.5, 0.6) is 17.2 Å². The summed E-state index contributed by atoms with van der Waals surface area (Å²) in [6.07, 6.45) is 3.19. The van der Waals surface area contributed by atoms with Gasteiger partial charge in [0.25, 0.3) is 0 Å². The van der Waals surface area contributed by atoms with Gasteiger partial charge in [-0.15, -0.1) is 0 Å². The summed E-state index contributed by atoms with van der Waals surface area (Å²) >= 11 is 0. The topological polar surface area (TPSA) is 86.8 Å². The third kappa shape index (κ3) is 5.04. The van der Waals surface area contributed by atoms with E-state index >= 15 is 0 Å². The van der Waals surface area contributed by atoms with Gasteiger partial charge in [0.15, 0.2) is 11.5 Å². The minimum atomic E-state index is -0.662. The number of rotatable bonds is 6. The van der Waals surface area contributed by atoms with E-state index in [0.717, 1.165) is 18.4 Å². The molecule has 0 unspecified atom stereocenters. The lowest BCUT2D eigenvalue weighted by Gasteiger charge is -2.33. The number of aliphatic hydroxyl groups is 1. The summed E-state index contributed by atoms with van der Waals surface area (Å²) in [4.78, 5) is 13.2. The van der Waals surface area contributed by atoms with E-state index in [-0.39, 0.29) is 29.1 Å². The third-order valence-electron chi connectivity index (χ3n) is 6.64. The molecular formula is C25H36O7. The fraction of sp³-hybridized carbons (Fsp3) is 0.640. The van der Waals surface area contributed by atoms with E-state index in [1.165, 1.54) is 21.3 Å². The van der Waals surface area contributed by atoms with Crippen molar-refractivity contribution in [1.82, 2.24) is 0 Å². The van der Waals surface area contributed by atoms with E-state index in [2.05, 4.69) is 6.92 Å². The lowest BCUT2D eigenvalue weighted by molar-refractivity contribution is -0.0253. The molecule has 0 radical (unpaired) electrons. The molecule has 5 atom stereocenters. The second-order valence-corrected chi connectivity index (χ2v) is 9.35. The minimum Gasteiger partial charge on any atom is -0.493 e. The highest BCUT2D eigenvalue weighted by atomic mass is 16.6. The Bertz CT molecular complexity index is 837. The molecule has 178 valence electrons. The molecule has 0 amide bonds. The van der Waals surface area contributed by atoms with E-state index in [0.29, 0.717) is 23.7 Å². The summed E-state index contributed by atoms with van der Waals surface area (Å²) in [5.41, 5.74) is 1.10. The van der Waals surface area contributed by atoms with Crippen LogP contribution in [0, 0.1) is 11.8 Å². The Balaban J connectivity index is 1.93. The number of carbonyl (C=O) groups is 1. The quantitative estimate of drug-likeness (QED) is 0.397. The monoisotopic (exact) mass is 448 g/mol. The first-order valence-corrected chi connectivity index (χ1v) is 11.2. The van der Waals surface area contributed by atoms with Crippen LogP contribution in [0.1, 0.15) is 57.3 Å². The lowest BCUT2D eigenvalue weighted by atomic mass is 9.79. The smallest absolute Gasteiger partial charge is 0.339 e. The van der Waals surface area contributed by atoms with Gasteiger partial charge in [0.2, 0.25) is 5.75 Å². The van der Waals surface area contributed by atoms with Crippen molar-refractivity contribution in [2.24, 2.45) is 11.8 Å². The third-order valence-corrected chi connectivity index (χ3v) is 6.64. The van der Waals surface area contributed by atoms with Gasteiger partial charge >= 0.3 is 5.97 Å². The van der Waals surface area contributed by atoms with Crippen molar-refractivity contribution in [1.29, 1.82) is 0 Å². The highest BCUT2D eigenvalue weighted by molar-refractivity contribution is 5.91. The number of ether oxygens (including phenoxy) is 5.